The van der Waals surface area contributed by atoms with Crippen LogP contribution >= 0.6 is 0 Å². The number of alkyl halides is 17. The van der Waals surface area contributed by atoms with Gasteiger partial charge in [-0.25, -0.2) is 0 Å². The Kier molecular flexibility index (Phi) is 14.7. The van der Waals surface area contributed by atoms with E-state index in [1.54, 1.807) is 0 Å². The highest BCUT2D eigenvalue weighted by Crippen LogP contribution is 2.64. The van der Waals surface area contributed by atoms with Crippen LogP contribution in [0.2, 0.25) is 0 Å². The summed E-state index contributed by atoms with van der Waals surface area (Å²) in [5.41, 5.74) is 0. The summed E-state index contributed by atoms with van der Waals surface area (Å²) in [4.78, 5) is 20.8. The van der Waals surface area contributed by atoms with Gasteiger partial charge in [0, 0.05) is 26.2 Å². The van der Waals surface area contributed by atoms with Gasteiger partial charge in [0.1, 0.15) is 0 Å². The molecule has 4 N–H and O–H groups in total. The molecule has 0 aromatic heterocycles. The fraction of sp³-hybridized carbons (Fsp3) is 0.900. The normalized spacial score (nSPS) is 15.1. The van der Waals surface area contributed by atoms with Gasteiger partial charge in [-0.1, -0.05) is 0 Å². The number of carboxylic acid groups (broad SMARTS) is 2. The van der Waals surface area contributed by atoms with E-state index in [0.29, 0.717) is 19.3 Å². The monoisotopic (exact) mass is 697 g/mol. The van der Waals surface area contributed by atoms with Crippen LogP contribution in [0.5, 0.6) is 0 Å². The Morgan fingerprint density at radius 2 is 0.818 bits per heavy atom. The molecule has 0 aliphatic carbocycles. The Bertz CT molecular complexity index is 910. The van der Waals surface area contributed by atoms with Crippen LogP contribution in [0.4, 0.5) is 74.6 Å². The van der Waals surface area contributed by atoms with Crippen LogP contribution in [0.3, 0.4) is 0 Å². The number of hydrogen-bond acceptors (Lipinski definition) is 6. The zero-order chi connectivity index (χ0) is 36.0. The van der Waals surface area contributed by atoms with Crippen LogP contribution in [0.25, 0.3) is 0 Å². The van der Waals surface area contributed by atoms with Crippen LogP contribution in [0.15, 0.2) is 0 Å². The molecule has 0 bridgehead atoms. The smallest absolute Gasteiger partial charge is 0.460 e. The quantitative estimate of drug-likeness (QED) is 0.133. The number of carbonyl (C=O) groups excluding carboxylic acids is 1. The summed E-state index contributed by atoms with van der Waals surface area (Å²) in [6.07, 6.45) is -11.3. The first-order valence-electron chi connectivity index (χ1n) is 11.3. The molecule has 0 radical (unpaired) electrons. The maximum Gasteiger partial charge on any atom is 0.460 e. The van der Waals surface area contributed by atoms with Gasteiger partial charge in [-0.05, 0) is 31.6 Å². The molecule has 44 heavy (non-hydrogen) atoms. The number of aliphatic carboxylic acids is 2. The molecule has 0 aromatic rings. The van der Waals surface area contributed by atoms with Gasteiger partial charge >= 0.3 is 53.6 Å². The molecule has 1 unspecified atom stereocenters. The number of rotatable bonds is 17. The maximum absolute atomic E-state index is 13.5. The topological polar surface area (TPSA) is 138 Å². The van der Waals surface area contributed by atoms with Gasteiger partial charge in [0.2, 0.25) is 0 Å². The average Bonchev–Trinajstić information content (AvgIpc) is 2.83. The number of carbonyl (C=O) groups is 2. The Morgan fingerprint density at radius 1 is 0.523 bits per heavy atom. The molecule has 1 atom stereocenters. The van der Waals surface area contributed by atoms with Gasteiger partial charge in [0.15, 0.2) is 0 Å². The fourth-order valence-electron chi connectivity index (χ4n) is 3.00. The van der Waals surface area contributed by atoms with E-state index in [4.69, 9.17) is 20.4 Å². The second kappa shape index (κ2) is 14.8. The predicted octanol–water partition coefficient (Wildman–Crippen LogP) is 3.98. The Morgan fingerprint density at radius 3 is 1.07 bits per heavy atom. The van der Waals surface area contributed by atoms with Gasteiger partial charge in [-0.2, -0.15) is 74.6 Å². The molecule has 0 saturated heterocycles. The second-order valence-electron chi connectivity index (χ2n) is 8.80. The minimum Gasteiger partial charge on any atom is -0.549 e. The lowest BCUT2D eigenvalue weighted by Gasteiger charge is -2.42. The van der Waals surface area contributed by atoms with E-state index in [2.05, 4.69) is 0 Å². The van der Waals surface area contributed by atoms with Crippen LogP contribution in [-0.4, -0.2) is 99.8 Å². The molecule has 0 aliphatic rings. The zero-order valence-electron chi connectivity index (χ0n) is 21.3. The minimum atomic E-state index is -8.78. The molecular formula is C20H22F17O7-. The van der Waals surface area contributed by atoms with E-state index in [9.17, 15) is 89.3 Å². The largest absolute Gasteiger partial charge is 0.549 e. The molecule has 0 spiro atoms. The fourth-order valence-corrected chi connectivity index (χ4v) is 3.00. The van der Waals surface area contributed by atoms with Crippen molar-refractivity contribution in [3.8, 4) is 0 Å². The lowest BCUT2D eigenvalue weighted by atomic mass is 9.87. The highest BCUT2D eigenvalue weighted by Gasteiger charge is 2.95. The molecule has 0 rings (SSSR count). The summed E-state index contributed by atoms with van der Waals surface area (Å²) in [5, 5.41) is 44.2. The van der Waals surface area contributed by atoms with Crippen molar-refractivity contribution in [2.75, 3.05) is 19.8 Å². The summed E-state index contributed by atoms with van der Waals surface area (Å²) in [6.45, 7) is 0.431. The summed E-state index contributed by atoms with van der Waals surface area (Å²) in [5.74, 6) is -66.2. The van der Waals surface area contributed by atoms with Crippen molar-refractivity contribution in [1.82, 2.24) is 0 Å². The third kappa shape index (κ3) is 8.46. The zero-order valence-corrected chi connectivity index (χ0v) is 21.3. The first kappa shape index (κ1) is 43.8. The highest BCUT2D eigenvalue weighted by atomic mass is 19.4. The number of aliphatic hydroxyl groups excluding tert-OH is 3. The van der Waals surface area contributed by atoms with Crippen LogP contribution in [0, 0.1) is 11.8 Å². The van der Waals surface area contributed by atoms with Crippen molar-refractivity contribution in [3.63, 3.8) is 0 Å². The Labute approximate surface area is 234 Å². The molecule has 0 heterocycles. The third-order valence-corrected chi connectivity index (χ3v) is 5.73. The van der Waals surface area contributed by atoms with E-state index in [0.717, 1.165) is 0 Å². The Hall–Kier alpha value is -2.37. The van der Waals surface area contributed by atoms with Crippen LogP contribution in [0.1, 0.15) is 32.1 Å². The van der Waals surface area contributed by atoms with Gasteiger partial charge in [-0.15, -0.1) is 0 Å². The van der Waals surface area contributed by atoms with Gasteiger partial charge < -0.3 is 30.3 Å². The first-order chi connectivity index (χ1) is 19.3. The molecule has 0 aromatic carbocycles. The molecule has 7 nitrogen and oxygen atoms in total. The van der Waals surface area contributed by atoms with E-state index in [1.807, 2.05) is 0 Å². The van der Waals surface area contributed by atoms with Gasteiger partial charge in [0.25, 0.3) is 0 Å². The molecule has 0 amide bonds. The van der Waals surface area contributed by atoms with Gasteiger partial charge in [-0.3, -0.25) is 4.79 Å². The first-order valence-corrected chi connectivity index (χ1v) is 11.3. The van der Waals surface area contributed by atoms with Crippen molar-refractivity contribution in [1.29, 1.82) is 0 Å². The van der Waals surface area contributed by atoms with Crippen molar-refractivity contribution in [2.24, 2.45) is 11.8 Å². The molecule has 0 saturated carbocycles. The summed E-state index contributed by atoms with van der Waals surface area (Å²) >= 11 is 0. The number of halogens is 17. The number of carboxylic acids is 2. The Balaban J connectivity index is 0. The number of aliphatic hydroxyl groups is 3. The number of hydrogen-bond donors (Lipinski definition) is 4. The van der Waals surface area contributed by atoms with Crippen LogP contribution in [-0.2, 0) is 9.59 Å². The van der Waals surface area contributed by atoms with Crippen molar-refractivity contribution in [3.05, 3.63) is 0 Å². The summed E-state index contributed by atoms with van der Waals surface area (Å²) < 4.78 is 221. The lowest BCUT2D eigenvalue weighted by molar-refractivity contribution is -0.461. The van der Waals surface area contributed by atoms with E-state index in [1.165, 1.54) is 0 Å². The predicted molar refractivity (Wildman–Crippen MR) is 105 cm³/mol. The van der Waals surface area contributed by atoms with Crippen molar-refractivity contribution >= 4 is 11.9 Å². The summed E-state index contributed by atoms with van der Waals surface area (Å²) in [7, 11) is 0. The average molecular weight is 697 g/mol. The molecular weight excluding hydrogens is 675 g/mol. The highest BCUT2D eigenvalue weighted by molar-refractivity contribution is 5.91. The van der Waals surface area contributed by atoms with E-state index < -0.39 is 78.3 Å². The minimum absolute atomic E-state index is 0.144. The third-order valence-electron chi connectivity index (χ3n) is 5.73. The van der Waals surface area contributed by atoms with E-state index >= 15 is 0 Å². The van der Waals surface area contributed by atoms with Crippen LogP contribution < -0.4 is 5.11 Å². The molecule has 0 fully saturated rings. The SMILES string of the molecule is O=C([O-])C(CCC(F)(F)C(F)(F)C(F)(F)C(F)(F)C(F)(F)C(F)(F)C(F)(F)C(F)(F)F)C(=O)O.OCCC(CCO)CCO. The maximum atomic E-state index is 13.5. The summed E-state index contributed by atoms with van der Waals surface area (Å²) in [6, 6.07) is 0. The van der Waals surface area contributed by atoms with Gasteiger partial charge in [0.05, 0.1) is 11.9 Å². The molecule has 264 valence electrons. The molecule has 24 heteroatoms. The standard InChI is InChI=1S/C13H7F17O4.C7H16O3/c14-6(15,2-1-3(4(31)32)5(33)34)7(16,17)8(18,19)9(20,21)10(22,23)11(24,25)12(26,27)13(28,29)30;8-4-1-7(2-5-9)3-6-10/h3H,1-2H2,(H,31,32)(H,33,34);7-10H,1-6H2/p-1. The lowest BCUT2D eigenvalue weighted by Crippen LogP contribution is -2.74. The molecule has 0 aliphatic heterocycles. The van der Waals surface area contributed by atoms with E-state index in [-0.39, 0.29) is 25.7 Å². The second-order valence-corrected chi connectivity index (χ2v) is 8.80. The van der Waals surface area contributed by atoms with Crippen molar-refractivity contribution in [2.45, 2.75) is 79.7 Å². The van der Waals surface area contributed by atoms with Crippen molar-refractivity contribution < 1.29 is 110 Å².